The number of methoxy groups -OCH3 is 1. The van der Waals surface area contributed by atoms with Gasteiger partial charge in [-0.05, 0) is 12.3 Å². The molecular weight excluding hydrogens is 273 g/mol. The molecule has 1 aromatic carbocycles. The summed E-state index contributed by atoms with van der Waals surface area (Å²) in [5, 5.41) is 0. The highest BCUT2D eigenvalue weighted by molar-refractivity contribution is 5.80. The Morgan fingerprint density at radius 3 is 2.76 bits per heavy atom. The lowest BCUT2D eigenvalue weighted by molar-refractivity contribution is 0.117. The monoisotopic (exact) mass is 295 g/mol. The number of halogens is 1. The number of nitrogens with two attached hydrogens (primary N) is 1. The zero-order valence-electron chi connectivity index (χ0n) is 12.7. The van der Waals surface area contributed by atoms with Crippen LogP contribution in [-0.2, 0) is 11.3 Å². The molecule has 0 saturated heterocycles. The highest BCUT2D eigenvalue weighted by Crippen LogP contribution is 2.26. The van der Waals surface area contributed by atoms with Gasteiger partial charge in [0.25, 0.3) is 0 Å². The first-order chi connectivity index (χ1) is 10.0. The number of imidazole rings is 1. The van der Waals surface area contributed by atoms with Crippen LogP contribution >= 0.6 is 0 Å². The van der Waals surface area contributed by atoms with Crippen LogP contribution < -0.4 is 10.5 Å². The molecule has 0 atom stereocenters. The maximum atomic E-state index is 13.6. The van der Waals surface area contributed by atoms with Crippen LogP contribution in [0.3, 0.4) is 0 Å². The molecule has 0 radical (unpaired) electrons. The van der Waals surface area contributed by atoms with E-state index in [2.05, 4.69) is 18.8 Å². The van der Waals surface area contributed by atoms with E-state index in [9.17, 15) is 4.39 Å². The molecule has 0 aliphatic heterocycles. The van der Waals surface area contributed by atoms with Crippen molar-refractivity contribution in [2.45, 2.75) is 26.8 Å². The zero-order valence-corrected chi connectivity index (χ0v) is 12.7. The fourth-order valence-corrected chi connectivity index (χ4v) is 2.11. The molecule has 6 heteroatoms. The predicted molar refractivity (Wildman–Crippen MR) is 80.9 cm³/mol. The van der Waals surface area contributed by atoms with E-state index in [0.29, 0.717) is 30.5 Å². The van der Waals surface area contributed by atoms with E-state index in [0.717, 1.165) is 18.5 Å². The highest BCUT2D eigenvalue weighted by atomic mass is 19.1. The summed E-state index contributed by atoms with van der Waals surface area (Å²) in [5.41, 5.74) is 7.16. The van der Waals surface area contributed by atoms with Gasteiger partial charge in [0.2, 0.25) is 5.95 Å². The molecule has 0 amide bonds. The number of benzene rings is 1. The Labute approximate surface area is 123 Å². The van der Waals surface area contributed by atoms with Gasteiger partial charge in [-0.2, -0.15) is 0 Å². The Morgan fingerprint density at radius 1 is 1.33 bits per heavy atom. The third kappa shape index (κ3) is 3.64. The van der Waals surface area contributed by atoms with Crippen LogP contribution in [0.25, 0.3) is 11.0 Å². The third-order valence-corrected chi connectivity index (χ3v) is 3.35. The molecule has 1 heterocycles. The van der Waals surface area contributed by atoms with E-state index in [4.69, 9.17) is 15.2 Å². The molecule has 21 heavy (non-hydrogen) atoms. The SMILES string of the molecule is COc1cc2c(cc1F)nc(N)n2CCOCCC(C)C. The molecule has 116 valence electrons. The first-order valence-electron chi connectivity index (χ1n) is 7.10. The number of nitrogen functional groups attached to an aromatic ring is 1. The van der Waals surface area contributed by atoms with E-state index >= 15 is 0 Å². The quantitative estimate of drug-likeness (QED) is 0.798. The van der Waals surface area contributed by atoms with Crippen molar-refractivity contribution < 1.29 is 13.9 Å². The summed E-state index contributed by atoms with van der Waals surface area (Å²) in [6.45, 7) is 6.16. The van der Waals surface area contributed by atoms with Gasteiger partial charge < -0.3 is 19.8 Å². The molecule has 0 unspecified atom stereocenters. The second-order valence-corrected chi connectivity index (χ2v) is 5.39. The minimum Gasteiger partial charge on any atom is -0.494 e. The molecule has 2 rings (SSSR count). The third-order valence-electron chi connectivity index (χ3n) is 3.35. The molecule has 0 spiro atoms. The van der Waals surface area contributed by atoms with Gasteiger partial charge in [0.05, 0.1) is 24.8 Å². The van der Waals surface area contributed by atoms with Crippen LogP contribution in [-0.4, -0.2) is 29.9 Å². The predicted octanol–water partition coefficient (Wildman–Crippen LogP) is 2.83. The Kier molecular flexibility index (Phi) is 5.01. The zero-order chi connectivity index (χ0) is 15.4. The molecule has 0 saturated carbocycles. The summed E-state index contributed by atoms with van der Waals surface area (Å²) in [7, 11) is 1.43. The number of hydrogen-bond acceptors (Lipinski definition) is 4. The number of anilines is 1. The smallest absolute Gasteiger partial charge is 0.201 e. The number of fused-ring (bicyclic) bond motifs is 1. The largest absolute Gasteiger partial charge is 0.494 e. The van der Waals surface area contributed by atoms with Gasteiger partial charge in [-0.3, -0.25) is 0 Å². The molecule has 0 fully saturated rings. The Balaban J connectivity index is 2.10. The van der Waals surface area contributed by atoms with Crippen molar-refractivity contribution in [2.24, 2.45) is 5.92 Å². The Bertz CT molecular complexity index is 610. The normalized spacial score (nSPS) is 11.5. The van der Waals surface area contributed by atoms with Crippen LogP contribution in [0.5, 0.6) is 5.75 Å². The van der Waals surface area contributed by atoms with Gasteiger partial charge in [-0.25, -0.2) is 9.37 Å². The molecule has 0 bridgehead atoms. The van der Waals surface area contributed by atoms with Gasteiger partial charge in [-0.15, -0.1) is 0 Å². The number of aromatic nitrogens is 2. The van der Waals surface area contributed by atoms with Crippen LogP contribution in [0.15, 0.2) is 12.1 Å². The minimum atomic E-state index is -0.442. The molecule has 1 aromatic heterocycles. The summed E-state index contributed by atoms with van der Waals surface area (Å²) in [6.07, 6.45) is 1.03. The highest BCUT2D eigenvalue weighted by Gasteiger charge is 2.12. The van der Waals surface area contributed by atoms with Crippen molar-refractivity contribution >= 4 is 17.0 Å². The number of nitrogens with zero attached hydrogens (tertiary/aromatic N) is 2. The van der Waals surface area contributed by atoms with Crippen LogP contribution in [0.4, 0.5) is 10.3 Å². The van der Waals surface area contributed by atoms with E-state index in [1.165, 1.54) is 13.2 Å². The number of rotatable bonds is 7. The minimum absolute atomic E-state index is 0.185. The van der Waals surface area contributed by atoms with Crippen molar-refractivity contribution in [3.05, 3.63) is 17.9 Å². The van der Waals surface area contributed by atoms with Crippen LogP contribution in [0.1, 0.15) is 20.3 Å². The maximum absolute atomic E-state index is 13.6. The Hall–Kier alpha value is -1.82. The van der Waals surface area contributed by atoms with Crippen molar-refractivity contribution in [1.82, 2.24) is 9.55 Å². The summed E-state index contributed by atoms with van der Waals surface area (Å²) in [4.78, 5) is 4.17. The van der Waals surface area contributed by atoms with E-state index in [1.54, 1.807) is 6.07 Å². The topological polar surface area (TPSA) is 62.3 Å². The fraction of sp³-hybridized carbons (Fsp3) is 0.533. The van der Waals surface area contributed by atoms with Crippen molar-refractivity contribution in [3.8, 4) is 5.75 Å². The molecule has 5 nitrogen and oxygen atoms in total. The van der Waals surface area contributed by atoms with Crippen molar-refractivity contribution in [2.75, 3.05) is 26.1 Å². The van der Waals surface area contributed by atoms with Crippen LogP contribution in [0.2, 0.25) is 0 Å². The van der Waals surface area contributed by atoms with E-state index in [1.807, 2.05) is 4.57 Å². The first-order valence-corrected chi connectivity index (χ1v) is 7.10. The standard InChI is InChI=1S/C15H22FN3O2/c1-10(2)4-6-21-7-5-19-13-9-14(20-3)11(16)8-12(13)18-15(19)17/h8-10H,4-7H2,1-3H3,(H2,17,18). The summed E-state index contributed by atoms with van der Waals surface area (Å²) >= 11 is 0. The number of hydrogen-bond donors (Lipinski definition) is 1. The maximum Gasteiger partial charge on any atom is 0.201 e. The number of ether oxygens (including phenoxy) is 2. The lowest BCUT2D eigenvalue weighted by Crippen LogP contribution is -2.10. The van der Waals surface area contributed by atoms with Crippen LogP contribution in [0, 0.1) is 11.7 Å². The van der Waals surface area contributed by atoms with Gasteiger partial charge in [0.1, 0.15) is 0 Å². The molecule has 2 aromatic rings. The van der Waals surface area contributed by atoms with Crippen molar-refractivity contribution in [3.63, 3.8) is 0 Å². The van der Waals surface area contributed by atoms with Gasteiger partial charge in [-0.1, -0.05) is 13.8 Å². The van der Waals surface area contributed by atoms with Crippen molar-refractivity contribution in [1.29, 1.82) is 0 Å². The lowest BCUT2D eigenvalue weighted by atomic mass is 10.1. The molecule has 2 N–H and O–H groups in total. The fourth-order valence-electron chi connectivity index (χ4n) is 2.11. The van der Waals surface area contributed by atoms with E-state index < -0.39 is 5.82 Å². The molecule has 0 aliphatic rings. The van der Waals surface area contributed by atoms with Gasteiger partial charge in [0, 0.05) is 25.3 Å². The summed E-state index contributed by atoms with van der Waals surface area (Å²) < 4.78 is 26.1. The lowest BCUT2D eigenvalue weighted by Gasteiger charge is -2.09. The summed E-state index contributed by atoms with van der Waals surface area (Å²) in [5.74, 6) is 0.716. The summed E-state index contributed by atoms with van der Waals surface area (Å²) in [6, 6.07) is 2.95. The van der Waals surface area contributed by atoms with Gasteiger partial charge in [0.15, 0.2) is 11.6 Å². The average Bonchev–Trinajstić information content (AvgIpc) is 2.72. The second kappa shape index (κ2) is 6.76. The Morgan fingerprint density at radius 2 is 2.10 bits per heavy atom. The van der Waals surface area contributed by atoms with E-state index in [-0.39, 0.29) is 5.75 Å². The molecular formula is C15H22FN3O2. The average molecular weight is 295 g/mol. The molecule has 0 aliphatic carbocycles. The second-order valence-electron chi connectivity index (χ2n) is 5.39. The van der Waals surface area contributed by atoms with Gasteiger partial charge >= 0.3 is 0 Å². The first kappa shape index (κ1) is 15.6.